The molecule has 1 fully saturated rings. The van der Waals surface area contributed by atoms with Gasteiger partial charge in [0.05, 0.1) is 5.02 Å². The molecule has 0 radical (unpaired) electrons. The zero-order chi connectivity index (χ0) is 14.7. The van der Waals surface area contributed by atoms with E-state index in [0.717, 1.165) is 31.5 Å². The van der Waals surface area contributed by atoms with Crippen LogP contribution in [0.15, 0.2) is 18.2 Å². The first-order valence-corrected chi connectivity index (χ1v) is 7.37. The normalized spacial score (nSPS) is 17.9. The minimum absolute atomic E-state index is 0.0230. The average molecular weight is 297 g/mol. The van der Waals surface area contributed by atoms with Crippen LogP contribution >= 0.6 is 11.6 Å². The Morgan fingerprint density at radius 3 is 2.55 bits per heavy atom. The number of hydrogen-bond donors (Lipinski definition) is 1. The van der Waals surface area contributed by atoms with Crippen LogP contribution in [0.4, 0.5) is 0 Å². The largest absolute Gasteiger partial charge is 0.479 e. The summed E-state index contributed by atoms with van der Waals surface area (Å²) < 4.78 is 5.69. The molecule has 2 unspecified atom stereocenters. The maximum atomic E-state index is 12.2. The second-order valence-electron chi connectivity index (χ2n) is 5.27. The Hall–Kier alpha value is -1.26. The molecule has 0 aliphatic carbocycles. The molecule has 2 N–H and O–H groups in total. The number of carbonyl (C=O) groups is 1. The second-order valence-corrected chi connectivity index (χ2v) is 5.68. The smallest absolute Gasteiger partial charge is 0.263 e. The number of rotatable bonds is 4. The zero-order valence-electron chi connectivity index (χ0n) is 11.9. The lowest BCUT2D eigenvalue weighted by Crippen LogP contribution is -2.38. The van der Waals surface area contributed by atoms with Gasteiger partial charge in [0.15, 0.2) is 6.10 Å². The number of halogens is 1. The molecular formula is C15H21ClN2O2. The fourth-order valence-corrected chi connectivity index (χ4v) is 2.56. The lowest BCUT2D eigenvalue weighted by Gasteiger charge is -2.22. The van der Waals surface area contributed by atoms with Gasteiger partial charge in [0.25, 0.3) is 5.91 Å². The lowest BCUT2D eigenvalue weighted by molar-refractivity contribution is -0.136. The first-order valence-electron chi connectivity index (χ1n) is 6.99. The SMILES string of the molecule is CC(Oc1ccc(C(C)N)cc1Cl)C(=O)N1CCCC1. The van der Waals surface area contributed by atoms with Crippen LogP contribution in [0, 0.1) is 0 Å². The highest BCUT2D eigenvalue weighted by atomic mass is 35.5. The van der Waals surface area contributed by atoms with Crippen molar-refractivity contribution in [2.24, 2.45) is 5.73 Å². The van der Waals surface area contributed by atoms with Crippen molar-refractivity contribution in [3.8, 4) is 5.75 Å². The summed E-state index contributed by atoms with van der Waals surface area (Å²) in [7, 11) is 0. The molecule has 0 spiro atoms. The summed E-state index contributed by atoms with van der Waals surface area (Å²) in [6.07, 6.45) is 1.62. The molecule has 0 aromatic heterocycles. The van der Waals surface area contributed by atoms with Crippen LogP contribution in [0.1, 0.15) is 38.3 Å². The van der Waals surface area contributed by atoms with Gasteiger partial charge < -0.3 is 15.4 Å². The number of nitrogens with zero attached hydrogens (tertiary/aromatic N) is 1. The van der Waals surface area contributed by atoms with E-state index < -0.39 is 6.10 Å². The van der Waals surface area contributed by atoms with E-state index >= 15 is 0 Å². The van der Waals surface area contributed by atoms with E-state index in [1.165, 1.54) is 0 Å². The van der Waals surface area contributed by atoms with Crippen LogP contribution in [0.3, 0.4) is 0 Å². The number of amides is 1. The van der Waals surface area contributed by atoms with Crippen LogP contribution < -0.4 is 10.5 Å². The minimum Gasteiger partial charge on any atom is -0.479 e. The summed E-state index contributed by atoms with van der Waals surface area (Å²) in [5.41, 5.74) is 6.75. The lowest BCUT2D eigenvalue weighted by atomic mass is 10.1. The van der Waals surface area contributed by atoms with Crippen molar-refractivity contribution >= 4 is 17.5 Å². The van der Waals surface area contributed by atoms with E-state index in [0.29, 0.717) is 10.8 Å². The Labute approximate surface area is 124 Å². The molecule has 1 aromatic rings. The van der Waals surface area contributed by atoms with Crippen molar-refractivity contribution in [3.63, 3.8) is 0 Å². The van der Waals surface area contributed by atoms with Crippen LogP contribution in [-0.4, -0.2) is 30.0 Å². The van der Waals surface area contributed by atoms with Crippen molar-refractivity contribution in [1.29, 1.82) is 0 Å². The number of likely N-dealkylation sites (tertiary alicyclic amines) is 1. The third-order valence-corrected chi connectivity index (χ3v) is 3.85. The van der Waals surface area contributed by atoms with Gasteiger partial charge in [-0.2, -0.15) is 0 Å². The van der Waals surface area contributed by atoms with Crippen LogP contribution in [-0.2, 0) is 4.79 Å². The zero-order valence-corrected chi connectivity index (χ0v) is 12.7. The highest BCUT2D eigenvalue weighted by Gasteiger charge is 2.25. The number of ether oxygens (including phenoxy) is 1. The number of benzene rings is 1. The molecule has 0 bridgehead atoms. The molecule has 20 heavy (non-hydrogen) atoms. The molecule has 1 saturated heterocycles. The van der Waals surface area contributed by atoms with Crippen molar-refractivity contribution in [2.75, 3.05) is 13.1 Å². The highest BCUT2D eigenvalue weighted by Crippen LogP contribution is 2.28. The summed E-state index contributed by atoms with van der Waals surface area (Å²) in [6.45, 7) is 5.30. The molecule has 1 heterocycles. The Morgan fingerprint density at radius 1 is 1.35 bits per heavy atom. The van der Waals surface area contributed by atoms with E-state index in [9.17, 15) is 4.79 Å². The predicted octanol–water partition coefficient (Wildman–Crippen LogP) is 2.75. The molecule has 5 heteroatoms. The van der Waals surface area contributed by atoms with Crippen molar-refractivity contribution in [2.45, 2.75) is 38.8 Å². The molecule has 2 atom stereocenters. The monoisotopic (exact) mass is 296 g/mol. The Balaban J connectivity index is 2.03. The van der Waals surface area contributed by atoms with E-state index in [1.807, 2.05) is 17.9 Å². The fourth-order valence-electron chi connectivity index (χ4n) is 2.33. The topological polar surface area (TPSA) is 55.6 Å². The number of nitrogens with two attached hydrogens (primary N) is 1. The maximum Gasteiger partial charge on any atom is 0.263 e. The van der Waals surface area contributed by atoms with Gasteiger partial charge >= 0.3 is 0 Å². The fraction of sp³-hybridized carbons (Fsp3) is 0.533. The molecule has 4 nitrogen and oxygen atoms in total. The molecule has 1 aliphatic rings. The Bertz CT molecular complexity index is 485. The van der Waals surface area contributed by atoms with E-state index in [1.54, 1.807) is 19.1 Å². The second kappa shape index (κ2) is 6.46. The Kier molecular flexibility index (Phi) is 4.89. The summed E-state index contributed by atoms with van der Waals surface area (Å²) >= 11 is 6.18. The predicted molar refractivity (Wildman–Crippen MR) is 80.0 cm³/mol. The molecule has 1 amide bonds. The third-order valence-electron chi connectivity index (χ3n) is 3.55. The Morgan fingerprint density at radius 2 is 2.00 bits per heavy atom. The minimum atomic E-state index is -0.522. The summed E-state index contributed by atoms with van der Waals surface area (Å²) in [6, 6.07) is 5.35. The van der Waals surface area contributed by atoms with Gasteiger partial charge in [-0.05, 0) is 44.4 Å². The van der Waals surface area contributed by atoms with E-state index in [2.05, 4.69) is 0 Å². The summed E-state index contributed by atoms with van der Waals surface area (Å²) in [4.78, 5) is 14.0. The maximum absolute atomic E-state index is 12.2. The van der Waals surface area contributed by atoms with Gasteiger partial charge in [0.1, 0.15) is 5.75 Å². The molecule has 1 aromatic carbocycles. The van der Waals surface area contributed by atoms with Gasteiger partial charge in [-0.1, -0.05) is 17.7 Å². The third kappa shape index (κ3) is 3.44. The van der Waals surface area contributed by atoms with Gasteiger partial charge in [0.2, 0.25) is 0 Å². The highest BCUT2D eigenvalue weighted by molar-refractivity contribution is 6.32. The van der Waals surface area contributed by atoms with E-state index in [4.69, 9.17) is 22.1 Å². The van der Waals surface area contributed by atoms with E-state index in [-0.39, 0.29) is 11.9 Å². The van der Waals surface area contributed by atoms with Gasteiger partial charge in [-0.25, -0.2) is 0 Å². The van der Waals surface area contributed by atoms with Gasteiger partial charge in [-0.3, -0.25) is 4.79 Å². The van der Waals surface area contributed by atoms with Gasteiger partial charge in [0, 0.05) is 19.1 Å². The molecule has 110 valence electrons. The van der Waals surface area contributed by atoms with Crippen LogP contribution in [0.5, 0.6) is 5.75 Å². The number of hydrogen-bond acceptors (Lipinski definition) is 3. The average Bonchev–Trinajstić information content (AvgIpc) is 2.93. The van der Waals surface area contributed by atoms with Crippen molar-refractivity contribution < 1.29 is 9.53 Å². The summed E-state index contributed by atoms with van der Waals surface area (Å²) in [5, 5.41) is 0.487. The van der Waals surface area contributed by atoms with Crippen LogP contribution in [0.2, 0.25) is 5.02 Å². The molecular weight excluding hydrogens is 276 g/mol. The quantitative estimate of drug-likeness (QED) is 0.929. The molecule has 0 saturated carbocycles. The summed E-state index contributed by atoms with van der Waals surface area (Å²) in [5.74, 6) is 0.547. The standard InChI is InChI=1S/C15H21ClN2O2/c1-10(17)12-5-6-14(13(16)9-12)20-11(2)15(19)18-7-3-4-8-18/h5-6,9-11H,3-4,7-8,17H2,1-2H3. The molecule has 1 aliphatic heterocycles. The van der Waals surface area contributed by atoms with Crippen molar-refractivity contribution in [3.05, 3.63) is 28.8 Å². The first-order chi connectivity index (χ1) is 9.49. The first kappa shape index (κ1) is 15.1. The molecule has 2 rings (SSSR count). The van der Waals surface area contributed by atoms with Crippen molar-refractivity contribution in [1.82, 2.24) is 4.90 Å². The number of carbonyl (C=O) groups excluding carboxylic acids is 1. The van der Waals surface area contributed by atoms with Crippen LogP contribution in [0.25, 0.3) is 0 Å². The van der Waals surface area contributed by atoms with Gasteiger partial charge in [-0.15, -0.1) is 0 Å².